The van der Waals surface area contributed by atoms with Gasteiger partial charge in [0.25, 0.3) is 0 Å². The van der Waals surface area contributed by atoms with Crippen LogP contribution in [0.3, 0.4) is 0 Å². The molecule has 0 saturated heterocycles. The fourth-order valence-corrected chi connectivity index (χ4v) is 3.75. The van der Waals surface area contributed by atoms with Crippen LogP contribution in [0.5, 0.6) is 0 Å². The summed E-state index contributed by atoms with van der Waals surface area (Å²) in [5, 5.41) is 0. The van der Waals surface area contributed by atoms with Crippen LogP contribution in [0.25, 0.3) is 0 Å². The first kappa shape index (κ1) is 17.8. The Kier molecular flexibility index (Phi) is 5.66. The van der Waals surface area contributed by atoms with E-state index in [1.54, 1.807) is 0 Å². The van der Waals surface area contributed by atoms with Crippen molar-refractivity contribution in [1.82, 2.24) is 9.80 Å². The Hall–Kier alpha value is -1.58. The van der Waals surface area contributed by atoms with Crippen LogP contribution in [0.4, 0.5) is 0 Å². The number of nitrogens with zero attached hydrogens (tertiary/aromatic N) is 2. The standard InChI is InChI=1S/C19H30N2O2/c1-19(2,13-20(3)17(22)15-9-5-6-10-15)14-21(4)18(23)16-11-7-8-12-16/h5-8,15-16H,9-14H2,1-4H3. The molecule has 0 heterocycles. The van der Waals surface area contributed by atoms with E-state index in [-0.39, 0.29) is 29.1 Å². The average molecular weight is 318 g/mol. The van der Waals surface area contributed by atoms with Crippen molar-refractivity contribution in [3.05, 3.63) is 24.3 Å². The Morgan fingerprint density at radius 1 is 0.826 bits per heavy atom. The summed E-state index contributed by atoms with van der Waals surface area (Å²) < 4.78 is 0. The zero-order valence-corrected chi connectivity index (χ0v) is 14.9. The van der Waals surface area contributed by atoms with Crippen molar-refractivity contribution in [1.29, 1.82) is 0 Å². The van der Waals surface area contributed by atoms with Crippen LogP contribution in [-0.2, 0) is 9.59 Å². The summed E-state index contributed by atoms with van der Waals surface area (Å²) in [5.41, 5.74) is -0.118. The van der Waals surface area contributed by atoms with Gasteiger partial charge in [-0.2, -0.15) is 0 Å². The number of carbonyl (C=O) groups is 2. The molecule has 2 aliphatic rings. The quantitative estimate of drug-likeness (QED) is 0.707. The maximum absolute atomic E-state index is 12.4. The molecule has 0 aromatic carbocycles. The fourth-order valence-electron chi connectivity index (χ4n) is 3.75. The molecule has 0 aliphatic heterocycles. The van der Waals surface area contributed by atoms with Gasteiger partial charge in [0.05, 0.1) is 0 Å². The van der Waals surface area contributed by atoms with Gasteiger partial charge in [0.15, 0.2) is 0 Å². The molecule has 0 aromatic rings. The molecule has 0 radical (unpaired) electrons. The average Bonchev–Trinajstić information content (AvgIpc) is 3.17. The first-order chi connectivity index (χ1) is 10.8. The summed E-state index contributed by atoms with van der Waals surface area (Å²) in [7, 11) is 3.76. The Balaban J connectivity index is 1.84. The van der Waals surface area contributed by atoms with E-state index < -0.39 is 0 Å². The summed E-state index contributed by atoms with van der Waals surface area (Å²) in [6.45, 7) is 5.59. The molecule has 0 aromatic heterocycles. The highest BCUT2D eigenvalue weighted by atomic mass is 16.2. The third-order valence-electron chi connectivity index (χ3n) is 4.80. The van der Waals surface area contributed by atoms with E-state index in [9.17, 15) is 9.59 Å². The number of amides is 2. The van der Waals surface area contributed by atoms with Gasteiger partial charge in [-0.3, -0.25) is 9.59 Å². The fraction of sp³-hybridized carbons (Fsp3) is 0.684. The summed E-state index contributed by atoms with van der Waals surface area (Å²) in [4.78, 5) is 28.6. The van der Waals surface area contributed by atoms with E-state index in [2.05, 4.69) is 38.2 Å². The lowest BCUT2D eigenvalue weighted by atomic mass is 9.91. The molecule has 0 saturated carbocycles. The molecule has 0 bridgehead atoms. The van der Waals surface area contributed by atoms with Crippen LogP contribution in [-0.4, -0.2) is 48.8 Å². The van der Waals surface area contributed by atoms with Gasteiger partial charge in [-0.1, -0.05) is 38.2 Å². The lowest BCUT2D eigenvalue weighted by Crippen LogP contribution is -2.45. The second kappa shape index (κ2) is 7.33. The van der Waals surface area contributed by atoms with Crippen LogP contribution in [0, 0.1) is 17.3 Å². The van der Waals surface area contributed by atoms with Gasteiger partial charge < -0.3 is 9.80 Å². The van der Waals surface area contributed by atoms with Crippen molar-refractivity contribution < 1.29 is 9.59 Å². The number of rotatable bonds is 6. The van der Waals surface area contributed by atoms with Gasteiger partial charge in [-0.15, -0.1) is 0 Å². The normalized spacial score (nSPS) is 18.6. The zero-order valence-electron chi connectivity index (χ0n) is 14.9. The summed E-state index contributed by atoms with van der Waals surface area (Å²) in [6, 6.07) is 0. The monoisotopic (exact) mass is 318 g/mol. The van der Waals surface area contributed by atoms with Gasteiger partial charge in [-0.05, 0) is 31.1 Å². The van der Waals surface area contributed by atoms with Crippen molar-refractivity contribution in [2.75, 3.05) is 27.2 Å². The Morgan fingerprint density at radius 3 is 1.43 bits per heavy atom. The molecule has 0 unspecified atom stereocenters. The lowest BCUT2D eigenvalue weighted by molar-refractivity contribution is -0.137. The molecule has 4 heteroatoms. The van der Waals surface area contributed by atoms with Gasteiger partial charge >= 0.3 is 0 Å². The maximum Gasteiger partial charge on any atom is 0.226 e. The highest BCUT2D eigenvalue weighted by Crippen LogP contribution is 2.25. The summed E-state index contributed by atoms with van der Waals surface area (Å²) in [6.07, 6.45) is 11.8. The minimum absolute atomic E-state index is 0.111. The Labute approximate surface area is 140 Å². The van der Waals surface area contributed by atoms with E-state index in [0.717, 1.165) is 25.7 Å². The third kappa shape index (κ3) is 4.69. The summed E-state index contributed by atoms with van der Waals surface area (Å²) >= 11 is 0. The highest BCUT2D eigenvalue weighted by molar-refractivity contribution is 5.80. The van der Waals surface area contributed by atoms with E-state index in [0.29, 0.717) is 13.1 Å². The molecular formula is C19H30N2O2. The molecule has 2 aliphatic carbocycles. The molecule has 0 fully saturated rings. The first-order valence-electron chi connectivity index (χ1n) is 8.60. The first-order valence-corrected chi connectivity index (χ1v) is 8.60. The van der Waals surface area contributed by atoms with Gasteiger partial charge in [0.1, 0.15) is 0 Å². The van der Waals surface area contributed by atoms with Crippen molar-refractivity contribution in [3.63, 3.8) is 0 Å². The predicted octanol–water partition coefficient (Wildman–Crippen LogP) is 2.86. The van der Waals surface area contributed by atoms with Gasteiger partial charge in [-0.25, -0.2) is 0 Å². The van der Waals surface area contributed by atoms with E-state index in [1.165, 1.54) is 0 Å². The lowest BCUT2D eigenvalue weighted by Gasteiger charge is -2.35. The number of hydrogen-bond acceptors (Lipinski definition) is 2. The molecule has 2 amide bonds. The van der Waals surface area contributed by atoms with Crippen molar-refractivity contribution in [2.24, 2.45) is 17.3 Å². The van der Waals surface area contributed by atoms with Crippen LogP contribution in [0.1, 0.15) is 39.5 Å². The van der Waals surface area contributed by atoms with Gasteiger partial charge in [0, 0.05) is 39.0 Å². The zero-order chi connectivity index (χ0) is 17.0. The molecule has 128 valence electrons. The number of hydrogen-bond donors (Lipinski definition) is 0. The topological polar surface area (TPSA) is 40.6 Å². The second-order valence-electron chi connectivity index (χ2n) is 7.83. The molecule has 0 N–H and O–H groups in total. The largest absolute Gasteiger partial charge is 0.345 e. The smallest absolute Gasteiger partial charge is 0.226 e. The van der Waals surface area contributed by atoms with Crippen LogP contribution >= 0.6 is 0 Å². The van der Waals surface area contributed by atoms with Crippen LogP contribution in [0.2, 0.25) is 0 Å². The van der Waals surface area contributed by atoms with Crippen molar-refractivity contribution >= 4 is 11.8 Å². The minimum Gasteiger partial charge on any atom is -0.345 e. The highest BCUT2D eigenvalue weighted by Gasteiger charge is 2.31. The molecule has 0 atom stereocenters. The van der Waals surface area contributed by atoms with Crippen molar-refractivity contribution in [2.45, 2.75) is 39.5 Å². The number of allylic oxidation sites excluding steroid dienone is 4. The maximum atomic E-state index is 12.4. The molecule has 4 nitrogen and oxygen atoms in total. The molecule has 0 spiro atoms. The third-order valence-corrected chi connectivity index (χ3v) is 4.80. The summed E-state index contributed by atoms with van der Waals surface area (Å²) in [5.74, 6) is 0.661. The van der Waals surface area contributed by atoms with E-state index in [4.69, 9.17) is 0 Å². The second-order valence-corrected chi connectivity index (χ2v) is 7.83. The Morgan fingerprint density at radius 2 is 1.13 bits per heavy atom. The number of carbonyl (C=O) groups excluding carboxylic acids is 2. The van der Waals surface area contributed by atoms with Gasteiger partial charge in [0.2, 0.25) is 11.8 Å². The van der Waals surface area contributed by atoms with Crippen LogP contribution < -0.4 is 0 Å². The van der Waals surface area contributed by atoms with Crippen LogP contribution in [0.15, 0.2) is 24.3 Å². The predicted molar refractivity (Wildman–Crippen MR) is 92.8 cm³/mol. The Bertz CT molecular complexity index is 447. The molecule has 23 heavy (non-hydrogen) atoms. The molecule has 2 rings (SSSR count). The van der Waals surface area contributed by atoms with E-state index in [1.807, 2.05) is 23.9 Å². The van der Waals surface area contributed by atoms with E-state index >= 15 is 0 Å². The van der Waals surface area contributed by atoms with Crippen molar-refractivity contribution in [3.8, 4) is 0 Å². The molecular weight excluding hydrogens is 288 g/mol. The SMILES string of the molecule is CN(CC(C)(C)CN(C)C(=O)C1CC=CC1)C(=O)C1CC=CC1. The minimum atomic E-state index is -0.118.